The maximum Gasteiger partial charge on any atom is 0.0804 e. The fourth-order valence-corrected chi connectivity index (χ4v) is 11.4. The van der Waals surface area contributed by atoms with E-state index in [4.69, 9.17) is 0 Å². The van der Waals surface area contributed by atoms with Crippen molar-refractivity contribution in [1.29, 1.82) is 0 Å². The van der Waals surface area contributed by atoms with Gasteiger partial charge in [0.2, 0.25) is 0 Å². The van der Waals surface area contributed by atoms with Crippen LogP contribution in [0.5, 0.6) is 0 Å². The lowest BCUT2D eigenvalue weighted by molar-refractivity contribution is 1.17. The highest BCUT2D eigenvalue weighted by Gasteiger charge is 2.26. The SMILES string of the molecule is c1ccc(-c2ccccc2-c2ccc3c(c2)c2cc(-c4ccccc4-c4ccccc4)ccc2n3-c2ccccc2-c2cccc3c2n(-c2ccccc2)c2c4ccccc4n(-c4ccccc4)c32)cc1. The lowest BCUT2D eigenvalue weighted by Gasteiger charge is -2.17. The van der Waals surface area contributed by atoms with Gasteiger partial charge >= 0.3 is 0 Å². The van der Waals surface area contributed by atoms with Crippen LogP contribution in [0.1, 0.15) is 0 Å². The van der Waals surface area contributed by atoms with Crippen LogP contribution in [0.4, 0.5) is 0 Å². The third-order valence-electron chi connectivity index (χ3n) is 14.5. The highest BCUT2D eigenvalue weighted by atomic mass is 15.1. The molecule has 14 rings (SSSR count). The molecule has 3 nitrogen and oxygen atoms in total. The van der Waals surface area contributed by atoms with E-state index in [9.17, 15) is 0 Å². The van der Waals surface area contributed by atoms with Crippen LogP contribution in [-0.2, 0) is 0 Å². The second-order valence-corrected chi connectivity index (χ2v) is 18.4. The molecule has 71 heavy (non-hydrogen) atoms. The molecule has 0 radical (unpaired) electrons. The van der Waals surface area contributed by atoms with Gasteiger partial charge in [-0.1, -0.05) is 212 Å². The third kappa shape index (κ3) is 6.51. The molecule has 0 spiro atoms. The molecular weight excluding hydrogens is 859 g/mol. The zero-order chi connectivity index (χ0) is 46.8. The molecule has 3 heteroatoms. The van der Waals surface area contributed by atoms with Gasteiger partial charge in [-0.2, -0.15) is 0 Å². The fraction of sp³-hybridized carbons (Fsp3) is 0. The standard InChI is InChI=1S/C68H45N3/c1-5-22-46(23-6-1)52-30-13-15-32-54(52)48-40-42-64-60(44-48)61-45-49(55-33-16-14-31-53(55)47-24-7-2-8-25-47)41-43-65(61)71(64)62-38-19-17-34-56(62)57-36-21-37-59-66(57)70(51-28-11-4-12-29-51)67-58-35-18-20-39-63(58)69(68(59)67)50-26-9-3-10-27-50/h1-45H. The Balaban J connectivity index is 1.06. The highest BCUT2D eigenvalue weighted by molar-refractivity contribution is 6.22. The first-order chi connectivity index (χ1) is 35.3. The molecule has 0 fully saturated rings. The van der Waals surface area contributed by atoms with E-state index < -0.39 is 0 Å². The van der Waals surface area contributed by atoms with E-state index in [2.05, 4.69) is 287 Å². The van der Waals surface area contributed by atoms with E-state index in [1.807, 2.05) is 0 Å². The first kappa shape index (κ1) is 40.6. The highest BCUT2D eigenvalue weighted by Crippen LogP contribution is 2.47. The molecule has 0 amide bonds. The minimum atomic E-state index is 1.12. The van der Waals surface area contributed by atoms with Crippen molar-refractivity contribution in [3.8, 4) is 72.7 Å². The van der Waals surface area contributed by atoms with Crippen molar-refractivity contribution >= 4 is 54.6 Å². The summed E-state index contributed by atoms with van der Waals surface area (Å²) in [6.45, 7) is 0. The molecule has 0 N–H and O–H groups in total. The molecule has 0 unspecified atom stereocenters. The zero-order valence-electron chi connectivity index (χ0n) is 38.8. The van der Waals surface area contributed by atoms with Crippen LogP contribution in [0.2, 0.25) is 0 Å². The molecule has 0 atom stereocenters. The maximum atomic E-state index is 2.51. The number of para-hydroxylation sites is 5. The summed E-state index contributed by atoms with van der Waals surface area (Å²) in [5.74, 6) is 0. The summed E-state index contributed by atoms with van der Waals surface area (Å²) in [4.78, 5) is 0. The molecule has 14 aromatic rings. The largest absolute Gasteiger partial charge is 0.309 e. The van der Waals surface area contributed by atoms with Crippen LogP contribution in [0.25, 0.3) is 127 Å². The first-order valence-corrected chi connectivity index (χ1v) is 24.4. The Hall–Kier alpha value is -9.44. The van der Waals surface area contributed by atoms with Crippen molar-refractivity contribution in [2.45, 2.75) is 0 Å². The van der Waals surface area contributed by atoms with Gasteiger partial charge in [-0.25, -0.2) is 0 Å². The summed E-state index contributed by atoms with van der Waals surface area (Å²) in [6.07, 6.45) is 0. The summed E-state index contributed by atoms with van der Waals surface area (Å²) in [7, 11) is 0. The molecule has 0 aliphatic heterocycles. The molecule has 3 heterocycles. The van der Waals surface area contributed by atoms with Gasteiger partial charge in [0.05, 0.1) is 38.8 Å². The van der Waals surface area contributed by atoms with Crippen LogP contribution in [-0.4, -0.2) is 13.7 Å². The maximum absolute atomic E-state index is 2.51. The monoisotopic (exact) mass is 903 g/mol. The number of nitrogens with zero attached hydrogens (tertiary/aromatic N) is 3. The summed E-state index contributed by atoms with van der Waals surface area (Å²) in [5, 5.41) is 4.81. The molecule has 0 aliphatic rings. The summed E-state index contributed by atoms with van der Waals surface area (Å²) in [6, 6.07) is 99.7. The second-order valence-electron chi connectivity index (χ2n) is 18.4. The van der Waals surface area contributed by atoms with Gasteiger partial charge in [0, 0.05) is 44.0 Å². The van der Waals surface area contributed by atoms with Gasteiger partial charge in [0.15, 0.2) is 0 Å². The van der Waals surface area contributed by atoms with E-state index in [1.165, 1.54) is 93.7 Å². The Kier molecular flexibility index (Phi) is 9.53. The fourth-order valence-electron chi connectivity index (χ4n) is 11.4. The van der Waals surface area contributed by atoms with Crippen molar-refractivity contribution in [3.05, 3.63) is 273 Å². The predicted molar refractivity (Wildman–Crippen MR) is 299 cm³/mol. The molecule has 0 aliphatic carbocycles. The normalized spacial score (nSPS) is 11.7. The number of fused-ring (bicyclic) bond motifs is 8. The Bertz CT molecular complexity index is 4170. The van der Waals surface area contributed by atoms with Crippen LogP contribution in [0, 0.1) is 0 Å². The van der Waals surface area contributed by atoms with Crippen LogP contribution in [0.15, 0.2) is 273 Å². The minimum Gasteiger partial charge on any atom is -0.309 e. The molecular formula is C68H45N3. The van der Waals surface area contributed by atoms with Crippen molar-refractivity contribution in [2.24, 2.45) is 0 Å². The van der Waals surface area contributed by atoms with Gasteiger partial charge in [-0.3, -0.25) is 0 Å². The molecule has 3 aromatic heterocycles. The Labute approximate surface area is 412 Å². The Morgan fingerprint density at radius 1 is 0.197 bits per heavy atom. The number of hydrogen-bond acceptors (Lipinski definition) is 0. The quantitative estimate of drug-likeness (QED) is 0.144. The van der Waals surface area contributed by atoms with E-state index in [0.29, 0.717) is 0 Å². The molecule has 11 aromatic carbocycles. The van der Waals surface area contributed by atoms with E-state index >= 15 is 0 Å². The van der Waals surface area contributed by atoms with Gasteiger partial charge in [0.25, 0.3) is 0 Å². The summed E-state index contributed by atoms with van der Waals surface area (Å²) < 4.78 is 7.47. The smallest absolute Gasteiger partial charge is 0.0804 e. The number of hydrogen-bond donors (Lipinski definition) is 0. The van der Waals surface area contributed by atoms with Crippen molar-refractivity contribution in [3.63, 3.8) is 0 Å². The second kappa shape index (κ2) is 16.7. The zero-order valence-corrected chi connectivity index (χ0v) is 38.8. The van der Waals surface area contributed by atoms with Crippen molar-refractivity contribution in [2.75, 3.05) is 0 Å². The van der Waals surface area contributed by atoms with E-state index in [-0.39, 0.29) is 0 Å². The third-order valence-corrected chi connectivity index (χ3v) is 14.5. The van der Waals surface area contributed by atoms with Gasteiger partial charge in [0.1, 0.15) is 0 Å². The number of rotatable bonds is 8. The van der Waals surface area contributed by atoms with E-state index in [0.717, 1.165) is 33.7 Å². The Morgan fingerprint density at radius 3 is 1.15 bits per heavy atom. The van der Waals surface area contributed by atoms with Crippen molar-refractivity contribution < 1.29 is 0 Å². The molecule has 332 valence electrons. The molecule has 0 bridgehead atoms. The lowest BCUT2D eigenvalue weighted by Crippen LogP contribution is -2.00. The van der Waals surface area contributed by atoms with Gasteiger partial charge in [-0.05, 0) is 105 Å². The topological polar surface area (TPSA) is 14.8 Å². The first-order valence-electron chi connectivity index (χ1n) is 24.4. The predicted octanol–water partition coefficient (Wildman–Crippen LogP) is 18.2. The van der Waals surface area contributed by atoms with Gasteiger partial charge < -0.3 is 13.7 Å². The Morgan fingerprint density at radius 2 is 0.592 bits per heavy atom. The molecule has 0 saturated carbocycles. The van der Waals surface area contributed by atoms with Crippen molar-refractivity contribution in [1.82, 2.24) is 13.7 Å². The van der Waals surface area contributed by atoms with E-state index in [1.54, 1.807) is 0 Å². The molecule has 0 saturated heterocycles. The number of benzene rings is 11. The average molecular weight is 904 g/mol. The van der Waals surface area contributed by atoms with Crippen LogP contribution < -0.4 is 0 Å². The summed E-state index contributed by atoms with van der Waals surface area (Å²) >= 11 is 0. The van der Waals surface area contributed by atoms with Crippen LogP contribution in [0.3, 0.4) is 0 Å². The summed E-state index contributed by atoms with van der Waals surface area (Å²) in [5.41, 5.74) is 22.4. The number of aromatic nitrogens is 3. The van der Waals surface area contributed by atoms with Crippen LogP contribution >= 0.6 is 0 Å². The average Bonchev–Trinajstić information content (AvgIpc) is 4.10. The minimum absolute atomic E-state index is 1.12. The van der Waals surface area contributed by atoms with Gasteiger partial charge in [-0.15, -0.1) is 0 Å². The lowest BCUT2D eigenvalue weighted by atomic mass is 9.92.